The first-order valence-corrected chi connectivity index (χ1v) is 7.53. The quantitative estimate of drug-likeness (QED) is 0.779. The van der Waals surface area contributed by atoms with E-state index in [4.69, 9.17) is 0 Å². The van der Waals surface area contributed by atoms with Crippen LogP contribution in [0.5, 0.6) is 0 Å². The number of rotatable bonds is 5. The van der Waals surface area contributed by atoms with Crippen molar-refractivity contribution in [1.82, 2.24) is 10.3 Å². The first kappa shape index (κ1) is 17.5. The lowest BCUT2D eigenvalue weighted by atomic mass is 9.82. The van der Waals surface area contributed by atoms with Gasteiger partial charge in [0.1, 0.15) is 11.0 Å². The molecule has 0 aliphatic rings. The van der Waals surface area contributed by atoms with Crippen LogP contribution in [0, 0.1) is 13.8 Å². The molecule has 6 nitrogen and oxygen atoms in total. The molecule has 2 rings (SSSR count). The predicted octanol–water partition coefficient (Wildman–Crippen LogP) is 1.76. The monoisotopic (exact) mass is 328 g/mol. The molecule has 0 saturated heterocycles. The zero-order valence-corrected chi connectivity index (χ0v) is 13.8. The van der Waals surface area contributed by atoms with Crippen LogP contribution >= 0.6 is 0 Å². The van der Waals surface area contributed by atoms with Crippen molar-refractivity contribution >= 4 is 11.9 Å². The molecule has 24 heavy (non-hydrogen) atoms. The van der Waals surface area contributed by atoms with Gasteiger partial charge in [-0.15, -0.1) is 0 Å². The van der Waals surface area contributed by atoms with Crippen molar-refractivity contribution in [1.29, 1.82) is 0 Å². The highest BCUT2D eigenvalue weighted by Crippen LogP contribution is 2.23. The number of aliphatic carboxylic acids is 1. The van der Waals surface area contributed by atoms with Crippen molar-refractivity contribution < 1.29 is 14.7 Å². The molecule has 1 amide bonds. The lowest BCUT2D eigenvalue weighted by Gasteiger charge is -2.25. The number of pyridine rings is 1. The molecule has 1 aromatic heterocycles. The fourth-order valence-corrected chi connectivity index (χ4v) is 2.59. The standard InChI is InChI=1S/C18H20N2O4/c1-11-9-12(2)20-16(22)14(11)15(21)19-10-18(3,17(23)24)13-7-5-4-6-8-13/h4-9H,10H2,1-3H3,(H,19,21)(H,20,22)(H,23,24). The van der Waals surface area contributed by atoms with Gasteiger partial charge in [-0.25, -0.2) is 0 Å². The van der Waals surface area contributed by atoms with Crippen molar-refractivity contribution in [2.75, 3.05) is 6.54 Å². The van der Waals surface area contributed by atoms with E-state index in [0.717, 1.165) is 0 Å². The average Bonchev–Trinajstić information content (AvgIpc) is 2.52. The van der Waals surface area contributed by atoms with E-state index in [1.165, 1.54) is 6.92 Å². The zero-order valence-electron chi connectivity index (χ0n) is 13.8. The molecule has 1 heterocycles. The number of hydrogen-bond donors (Lipinski definition) is 3. The second-order valence-electron chi connectivity index (χ2n) is 6.03. The van der Waals surface area contributed by atoms with Gasteiger partial charge in [0.25, 0.3) is 11.5 Å². The third-order valence-electron chi connectivity index (χ3n) is 4.08. The van der Waals surface area contributed by atoms with Gasteiger partial charge < -0.3 is 15.4 Å². The SMILES string of the molecule is Cc1cc(C)c(C(=O)NCC(C)(C(=O)O)c2ccccc2)c(=O)[nH]1. The van der Waals surface area contributed by atoms with E-state index in [1.54, 1.807) is 50.2 Å². The van der Waals surface area contributed by atoms with Crippen molar-refractivity contribution in [3.8, 4) is 0 Å². The molecule has 1 aromatic carbocycles. The zero-order chi connectivity index (χ0) is 17.9. The molecule has 0 radical (unpaired) electrons. The minimum Gasteiger partial charge on any atom is -0.481 e. The van der Waals surface area contributed by atoms with E-state index in [1.807, 2.05) is 0 Å². The molecule has 6 heteroatoms. The number of carbonyl (C=O) groups is 2. The molecular weight excluding hydrogens is 308 g/mol. The summed E-state index contributed by atoms with van der Waals surface area (Å²) in [7, 11) is 0. The Kier molecular flexibility index (Phi) is 4.87. The smallest absolute Gasteiger partial charge is 0.315 e. The maximum absolute atomic E-state index is 12.4. The van der Waals surface area contributed by atoms with Gasteiger partial charge in [-0.05, 0) is 38.0 Å². The number of hydrogen-bond acceptors (Lipinski definition) is 3. The van der Waals surface area contributed by atoms with Gasteiger partial charge in [0.05, 0.1) is 0 Å². The topological polar surface area (TPSA) is 99.3 Å². The number of carbonyl (C=O) groups excluding carboxylic acids is 1. The molecule has 1 unspecified atom stereocenters. The Balaban J connectivity index is 2.27. The second-order valence-corrected chi connectivity index (χ2v) is 6.03. The van der Waals surface area contributed by atoms with Gasteiger partial charge >= 0.3 is 5.97 Å². The summed E-state index contributed by atoms with van der Waals surface area (Å²) in [5, 5.41) is 12.2. The molecule has 0 saturated carbocycles. The highest BCUT2D eigenvalue weighted by Gasteiger charge is 2.35. The molecular formula is C18H20N2O4. The average molecular weight is 328 g/mol. The predicted molar refractivity (Wildman–Crippen MR) is 90.3 cm³/mol. The summed E-state index contributed by atoms with van der Waals surface area (Å²) < 4.78 is 0. The molecule has 0 bridgehead atoms. The van der Waals surface area contributed by atoms with Crippen LogP contribution in [0.1, 0.15) is 34.1 Å². The molecule has 3 N–H and O–H groups in total. The van der Waals surface area contributed by atoms with Crippen LogP contribution in [-0.4, -0.2) is 28.5 Å². The number of aromatic nitrogens is 1. The number of aryl methyl sites for hydroxylation is 2. The van der Waals surface area contributed by atoms with Crippen LogP contribution in [0.25, 0.3) is 0 Å². The van der Waals surface area contributed by atoms with Crippen molar-refractivity contribution in [3.63, 3.8) is 0 Å². The molecule has 0 spiro atoms. The van der Waals surface area contributed by atoms with Crippen LogP contribution < -0.4 is 10.9 Å². The van der Waals surface area contributed by atoms with E-state index < -0.39 is 22.9 Å². The largest absolute Gasteiger partial charge is 0.481 e. The van der Waals surface area contributed by atoms with Gasteiger partial charge in [0.2, 0.25) is 0 Å². The number of aromatic amines is 1. The number of carboxylic acid groups (broad SMARTS) is 1. The Bertz CT molecular complexity index is 827. The normalized spacial score (nSPS) is 13.1. The molecule has 126 valence electrons. The van der Waals surface area contributed by atoms with Gasteiger partial charge in [-0.3, -0.25) is 14.4 Å². The van der Waals surface area contributed by atoms with Gasteiger partial charge in [-0.2, -0.15) is 0 Å². The van der Waals surface area contributed by atoms with E-state index in [2.05, 4.69) is 10.3 Å². The second kappa shape index (κ2) is 6.70. The number of benzene rings is 1. The molecule has 0 aliphatic carbocycles. The summed E-state index contributed by atoms with van der Waals surface area (Å²) in [6.45, 7) is 4.81. The van der Waals surface area contributed by atoms with E-state index >= 15 is 0 Å². The third kappa shape index (κ3) is 3.37. The van der Waals surface area contributed by atoms with Gasteiger partial charge in [0, 0.05) is 12.2 Å². The number of amides is 1. The van der Waals surface area contributed by atoms with Gasteiger partial charge in [0.15, 0.2) is 0 Å². The van der Waals surface area contributed by atoms with E-state index in [0.29, 0.717) is 16.8 Å². The summed E-state index contributed by atoms with van der Waals surface area (Å²) in [4.78, 5) is 38.7. The van der Waals surface area contributed by atoms with Gasteiger partial charge in [-0.1, -0.05) is 30.3 Å². The fraction of sp³-hybridized carbons (Fsp3) is 0.278. The Labute approximate surface area is 139 Å². The molecule has 0 fully saturated rings. The van der Waals surface area contributed by atoms with Crippen LogP contribution in [-0.2, 0) is 10.2 Å². The van der Waals surface area contributed by atoms with Crippen LogP contribution in [0.3, 0.4) is 0 Å². The van der Waals surface area contributed by atoms with Crippen LogP contribution in [0.2, 0.25) is 0 Å². The first-order chi connectivity index (χ1) is 11.3. The van der Waals surface area contributed by atoms with E-state index in [-0.39, 0.29) is 12.1 Å². The number of carboxylic acids is 1. The van der Waals surface area contributed by atoms with Crippen LogP contribution in [0.4, 0.5) is 0 Å². The summed E-state index contributed by atoms with van der Waals surface area (Å²) in [5.41, 5.74) is 0.0112. The minimum absolute atomic E-state index is 0.00130. The maximum Gasteiger partial charge on any atom is 0.315 e. The highest BCUT2D eigenvalue weighted by molar-refractivity contribution is 5.95. The molecule has 0 aliphatic heterocycles. The summed E-state index contributed by atoms with van der Waals surface area (Å²) in [6, 6.07) is 10.4. The lowest BCUT2D eigenvalue weighted by Crippen LogP contribution is -2.45. The van der Waals surface area contributed by atoms with E-state index in [9.17, 15) is 19.5 Å². The Morgan fingerprint density at radius 3 is 2.38 bits per heavy atom. The third-order valence-corrected chi connectivity index (χ3v) is 4.08. The van der Waals surface area contributed by atoms with Crippen molar-refractivity contribution in [2.45, 2.75) is 26.2 Å². The minimum atomic E-state index is -1.29. The number of H-pyrrole nitrogens is 1. The summed E-state index contributed by atoms with van der Waals surface area (Å²) >= 11 is 0. The highest BCUT2D eigenvalue weighted by atomic mass is 16.4. The molecule has 1 atom stereocenters. The Morgan fingerprint density at radius 1 is 1.21 bits per heavy atom. The maximum atomic E-state index is 12.4. The Morgan fingerprint density at radius 2 is 1.83 bits per heavy atom. The Hall–Kier alpha value is -2.89. The van der Waals surface area contributed by atoms with Crippen LogP contribution in [0.15, 0.2) is 41.2 Å². The first-order valence-electron chi connectivity index (χ1n) is 7.53. The lowest BCUT2D eigenvalue weighted by molar-refractivity contribution is -0.142. The number of nitrogens with one attached hydrogen (secondary N) is 2. The van der Waals surface area contributed by atoms with Crippen molar-refractivity contribution in [3.05, 3.63) is 69.1 Å². The fourth-order valence-electron chi connectivity index (χ4n) is 2.59. The summed E-state index contributed by atoms with van der Waals surface area (Å²) in [5.74, 6) is -1.64. The summed E-state index contributed by atoms with van der Waals surface area (Å²) in [6.07, 6.45) is 0. The molecule has 2 aromatic rings. The van der Waals surface area contributed by atoms with Crippen molar-refractivity contribution in [2.24, 2.45) is 0 Å².